The van der Waals surface area contributed by atoms with E-state index in [1.807, 2.05) is 20.2 Å². The number of aliphatic carboxylic acids is 1. The van der Waals surface area contributed by atoms with Crippen LogP contribution in [0.5, 0.6) is 0 Å². The zero-order valence-corrected chi connectivity index (χ0v) is 11.5. The normalized spacial score (nSPS) is 12.6. The number of ether oxygens (including phenoxy) is 1. The summed E-state index contributed by atoms with van der Waals surface area (Å²) in [5.41, 5.74) is 1.61. The second-order valence-electron chi connectivity index (χ2n) is 4.44. The van der Waals surface area contributed by atoms with E-state index in [-0.39, 0.29) is 13.0 Å². The Labute approximate surface area is 115 Å². The van der Waals surface area contributed by atoms with E-state index >= 15 is 0 Å². The van der Waals surface area contributed by atoms with Crippen LogP contribution < -0.4 is 0 Å². The van der Waals surface area contributed by atoms with Crippen molar-refractivity contribution in [2.75, 3.05) is 7.11 Å². The van der Waals surface area contributed by atoms with Crippen LogP contribution in [0.1, 0.15) is 12.1 Å². The molecule has 1 N–H and O–H groups in total. The van der Waals surface area contributed by atoms with E-state index < -0.39 is 12.1 Å². The predicted molar refractivity (Wildman–Crippen MR) is 67.8 cm³/mol. The number of hydrogen-bond acceptors (Lipinski definition) is 6. The molecule has 0 fully saturated rings. The molecule has 2 heterocycles. The first-order valence-corrected chi connectivity index (χ1v) is 6.02. The standard InChI is InChI=1S/C11H16N6O3/c1-7-9(6-16(2)13-7)11-12-14-15-17(11)5-8(20-3)4-10(18)19/h6,8H,4-5H2,1-3H3,(H,18,19). The van der Waals surface area contributed by atoms with Gasteiger partial charge in [-0.15, -0.1) is 5.10 Å². The molecular weight excluding hydrogens is 264 g/mol. The van der Waals surface area contributed by atoms with Crippen LogP contribution >= 0.6 is 0 Å². The SMILES string of the molecule is COC(CC(=O)O)Cn1nnnc1-c1cn(C)nc1C. The lowest BCUT2D eigenvalue weighted by Gasteiger charge is -2.13. The minimum atomic E-state index is -0.927. The van der Waals surface area contributed by atoms with Gasteiger partial charge in [-0.05, 0) is 17.4 Å². The van der Waals surface area contributed by atoms with Gasteiger partial charge in [-0.2, -0.15) is 5.10 Å². The third-order valence-corrected chi connectivity index (χ3v) is 2.90. The van der Waals surface area contributed by atoms with Crippen molar-refractivity contribution in [3.63, 3.8) is 0 Å². The number of nitrogens with zero attached hydrogens (tertiary/aromatic N) is 6. The highest BCUT2D eigenvalue weighted by molar-refractivity contribution is 5.67. The van der Waals surface area contributed by atoms with Gasteiger partial charge in [0, 0.05) is 20.4 Å². The molecule has 0 spiro atoms. The predicted octanol–water partition coefficient (Wildman–Crippen LogP) is -0.128. The lowest BCUT2D eigenvalue weighted by atomic mass is 10.2. The largest absolute Gasteiger partial charge is 0.481 e. The minimum absolute atomic E-state index is 0.109. The van der Waals surface area contributed by atoms with Gasteiger partial charge in [0.1, 0.15) is 0 Å². The fourth-order valence-corrected chi connectivity index (χ4v) is 1.95. The molecular formula is C11H16N6O3. The number of carboxylic acids is 1. The van der Waals surface area contributed by atoms with Gasteiger partial charge in [-0.25, -0.2) is 4.68 Å². The Kier molecular flexibility index (Phi) is 4.08. The number of aryl methyl sites for hydroxylation is 2. The third kappa shape index (κ3) is 2.99. The van der Waals surface area contributed by atoms with Gasteiger partial charge in [-0.3, -0.25) is 9.48 Å². The highest BCUT2D eigenvalue weighted by Crippen LogP contribution is 2.19. The summed E-state index contributed by atoms with van der Waals surface area (Å²) in [7, 11) is 3.28. The lowest BCUT2D eigenvalue weighted by molar-refractivity contribution is -0.140. The molecule has 0 aliphatic carbocycles. The monoisotopic (exact) mass is 280 g/mol. The van der Waals surface area contributed by atoms with Crippen molar-refractivity contribution in [2.45, 2.75) is 26.0 Å². The smallest absolute Gasteiger partial charge is 0.306 e. The Morgan fingerprint density at radius 3 is 2.85 bits per heavy atom. The van der Waals surface area contributed by atoms with Crippen LogP contribution in [-0.2, 0) is 23.1 Å². The molecule has 0 aliphatic heterocycles. The lowest BCUT2D eigenvalue weighted by Crippen LogP contribution is -2.23. The van der Waals surface area contributed by atoms with Crippen LogP contribution in [0, 0.1) is 6.92 Å². The van der Waals surface area contributed by atoms with E-state index in [1.165, 1.54) is 11.8 Å². The average Bonchev–Trinajstić information content (AvgIpc) is 2.94. The summed E-state index contributed by atoms with van der Waals surface area (Å²) in [6.07, 6.45) is 1.21. The quantitative estimate of drug-likeness (QED) is 0.785. The molecule has 20 heavy (non-hydrogen) atoms. The van der Waals surface area contributed by atoms with E-state index in [0.717, 1.165) is 11.3 Å². The van der Waals surface area contributed by atoms with Gasteiger partial charge in [0.15, 0.2) is 5.82 Å². The van der Waals surface area contributed by atoms with Crippen LogP contribution in [0.4, 0.5) is 0 Å². The van der Waals surface area contributed by atoms with Crippen molar-refractivity contribution in [2.24, 2.45) is 7.05 Å². The number of carbonyl (C=O) groups is 1. The summed E-state index contributed by atoms with van der Waals surface area (Å²) in [6, 6.07) is 0. The summed E-state index contributed by atoms with van der Waals surface area (Å²) in [4.78, 5) is 10.8. The van der Waals surface area contributed by atoms with Gasteiger partial charge in [-0.1, -0.05) is 0 Å². The van der Waals surface area contributed by atoms with E-state index in [1.54, 1.807) is 4.68 Å². The first-order chi connectivity index (χ1) is 9.51. The number of carboxylic acid groups (broad SMARTS) is 1. The second kappa shape index (κ2) is 5.78. The van der Waals surface area contributed by atoms with Crippen molar-refractivity contribution in [3.05, 3.63) is 11.9 Å². The van der Waals surface area contributed by atoms with Crippen molar-refractivity contribution in [3.8, 4) is 11.4 Å². The first kappa shape index (κ1) is 14.1. The van der Waals surface area contributed by atoms with E-state index in [2.05, 4.69) is 20.6 Å². The summed E-state index contributed by atoms with van der Waals surface area (Å²) >= 11 is 0. The molecule has 0 aromatic carbocycles. The van der Waals surface area contributed by atoms with E-state index in [9.17, 15) is 4.79 Å². The Bertz CT molecular complexity index is 605. The highest BCUT2D eigenvalue weighted by atomic mass is 16.5. The molecule has 0 saturated carbocycles. The van der Waals surface area contributed by atoms with Crippen LogP contribution in [0.15, 0.2) is 6.20 Å². The van der Waals surface area contributed by atoms with Gasteiger partial charge < -0.3 is 9.84 Å². The molecule has 0 bridgehead atoms. The summed E-state index contributed by atoms with van der Waals surface area (Å²) in [5.74, 6) is -0.382. The zero-order valence-electron chi connectivity index (χ0n) is 11.5. The molecule has 2 aromatic rings. The number of aromatic nitrogens is 6. The van der Waals surface area contributed by atoms with Gasteiger partial charge in [0.2, 0.25) is 0 Å². The molecule has 0 radical (unpaired) electrons. The Morgan fingerprint density at radius 2 is 2.30 bits per heavy atom. The molecule has 1 unspecified atom stereocenters. The summed E-state index contributed by atoms with van der Waals surface area (Å²) < 4.78 is 8.35. The fourth-order valence-electron chi connectivity index (χ4n) is 1.95. The summed E-state index contributed by atoms with van der Waals surface area (Å²) in [5, 5.41) is 24.6. The Balaban J connectivity index is 2.24. The number of hydrogen-bond donors (Lipinski definition) is 1. The fraction of sp³-hybridized carbons (Fsp3) is 0.545. The second-order valence-corrected chi connectivity index (χ2v) is 4.44. The highest BCUT2D eigenvalue weighted by Gasteiger charge is 2.19. The van der Waals surface area contributed by atoms with E-state index in [0.29, 0.717) is 5.82 Å². The van der Waals surface area contributed by atoms with Crippen molar-refractivity contribution in [1.29, 1.82) is 0 Å². The molecule has 9 heteroatoms. The first-order valence-electron chi connectivity index (χ1n) is 6.02. The van der Waals surface area contributed by atoms with Crippen LogP contribution in [0.25, 0.3) is 11.4 Å². The van der Waals surface area contributed by atoms with Gasteiger partial charge in [0.05, 0.1) is 30.3 Å². The molecule has 2 rings (SSSR count). The van der Waals surface area contributed by atoms with Crippen molar-refractivity contribution < 1.29 is 14.6 Å². The Morgan fingerprint density at radius 1 is 1.55 bits per heavy atom. The van der Waals surface area contributed by atoms with E-state index in [4.69, 9.17) is 9.84 Å². The van der Waals surface area contributed by atoms with Crippen LogP contribution in [0.3, 0.4) is 0 Å². The molecule has 108 valence electrons. The molecule has 0 amide bonds. The maximum atomic E-state index is 10.8. The third-order valence-electron chi connectivity index (χ3n) is 2.90. The minimum Gasteiger partial charge on any atom is -0.481 e. The topological polar surface area (TPSA) is 108 Å². The molecule has 0 saturated heterocycles. The van der Waals surface area contributed by atoms with Crippen molar-refractivity contribution in [1.82, 2.24) is 30.0 Å². The van der Waals surface area contributed by atoms with Crippen LogP contribution in [0.2, 0.25) is 0 Å². The zero-order chi connectivity index (χ0) is 14.7. The Hall–Kier alpha value is -2.29. The number of tetrazole rings is 1. The van der Waals surface area contributed by atoms with Crippen LogP contribution in [-0.4, -0.2) is 54.3 Å². The summed E-state index contributed by atoms with van der Waals surface area (Å²) in [6.45, 7) is 2.12. The maximum Gasteiger partial charge on any atom is 0.306 e. The molecule has 1 atom stereocenters. The average molecular weight is 280 g/mol. The number of rotatable bonds is 6. The molecule has 2 aromatic heterocycles. The van der Waals surface area contributed by atoms with Gasteiger partial charge >= 0.3 is 5.97 Å². The number of methoxy groups -OCH3 is 1. The van der Waals surface area contributed by atoms with Crippen molar-refractivity contribution >= 4 is 5.97 Å². The molecule has 0 aliphatic rings. The van der Waals surface area contributed by atoms with Gasteiger partial charge in [0.25, 0.3) is 0 Å². The molecule has 9 nitrogen and oxygen atoms in total. The maximum absolute atomic E-state index is 10.8.